The predicted molar refractivity (Wildman–Crippen MR) is 64.9 cm³/mol. The SMILES string of the molecule is COC(=O)C1(C(=O)NCCC2CCOCC2)CC1. The van der Waals surface area contributed by atoms with E-state index in [9.17, 15) is 9.59 Å². The number of carbonyl (C=O) groups excluding carboxylic acids is 2. The van der Waals surface area contributed by atoms with Crippen molar-refractivity contribution in [3.63, 3.8) is 0 Å². The number of hydrogen-bond acceptors (Lipinski definition) is 4. The van der Waals surface area contributed by atoms with E-state index in [1.807, 2.05) is 0 Å². The number of methoxy groups -OCH3 is 1. The predicted octanol–water partition coefficient (Wildman–Crippen LogP) is 0.872. The molecular weight excluding hydrogens is 234 g/mol. The number of carbonyl (C=O) groups is 2. The van der Waals surface area contributed by atoms with Crippen LogP contribution in [-0.4, -0.2) is 38.7 Å². The van der Waals surface area contributed by atoms with Crippen molar-refractivity contribution in [2.45, 2.75) is 32.1 Å². The molecule has 1 heterocycles. The van der Waals surface area contributed by atoms with Crippen molar-refractivity contribution < 1.29 is 19.1 Å². The van der Waals surface area contributed by atoms with E-state index >= 15 is 0 Å². The molecule has 0 atom stereocenters. The van der Waals surface area contributed by atoms with Crippen molar-refractivity contribution in [3.8, 4) is 0 Å². The Bertz CT molecular complexity index is 319. The van der Waals surface area contributed by atoms with E-state index in [2.05, 4.69) is 10.1 Å². The van der Waals surface area contributed by atoms with E-state index < -0.39 is 11.4 Å². The minimum absolute atomic E-state index is 0.165. The van der Waals surface area contributed by atoms with E-state index in [-0.39, 0.29) is 5.91 Å². The second-order valence-electron chi connectivity index (χ2n) is 5.17. The first kappa shape index (κ1) is 13.3. The number of amides is 1. The summed E-state index contributed by atoms with van der Waals surface area (Å²) >= 11 is 0. The molecule has 1 aliphatic heterocycles. The monoisotopic (exact) mass is 255 g/mol. The second kappa shape index (κ2) is 5.69. The molecule has 0 bridgehead atoms. The van der Waals surface area contributed by atoms with E-state index in [0.29, 0.717) is 25.3 Å². The third-order valence-electron chi connectivity index (χ3n) is 3.94. The molecule has 0 aromatic carbocycles. The Kier molecular flexibility index (Phi) is 4.22. The molecule has 2 aliphatic rings. The highest BCUT2D eigenvalue weighted by Gasteiger charge is 2.57. The molecule has 102 valence electrons. The summed E-state index contributed by atoms with van der Waals surface area (Å²) in [5.74, 6) is 0.0693. The molecular formula is C13H21NO4. The van der Waals surface area contributed by atoms with Gasteiger partial charge in [-0.1, -0.05) is 0 Å². The van der Waals surface area contributed by atoms with Gasteiger partial charge in [0.15, 0.2) is 0 Å². The van der Waals surface area contributed by atoms with E-state index in [1.54, 1.807) is 0 Å². The maximum atomic E-state index is 11.9. The molecule has 0 unspecified atom stereocenters. The summed E-state index contributed by atoms with van der Waals surface area (Å²) in [4.78, 5) is 23.4. The van der Waals surface area contributed by atoms with Gasteiger partial charge in [0.2, 0.25) is 5.91 Å². The number of ether oxygens (including phenoxy) is 2. The summed E-state index contributed by atoms with van der Waals surface area (Å²) in [6.07, 6.45) is 4.33. The van der Waals surface area contributed by atoms with Gasteiger partial charge in [0.1, 0.15) is 5.41 Å². The van der Waals surface area contributed by atoms with Crippen molar-refractivity contribution >= 4 is 11.9 Å². The number of rotatable bonds is 5. The Morgan fingerprint density at radius 3 is 2.56 bits per heavy atom. The highest BCUT2D eigenvalue weighted by molar-refractivity contribution is 6.05. The molecule has 18 heavy (non-hydrogen) atoms. The minimum Gasteiger partial charge on any atom is -0.468 e. The molecule has 0 spiro atoms. The van der Waals surface area contributed by atoms with Gasteiger partial charge in [0, 0.05) is 19.8 Å². The second-order valence-corrected chi connectivity index (χ2v) is 5.17. The molecule has 1 aliphatic carbocycles. The molecule has 2 fully saturated rings. The molecule has 0 aromatic heterocycles. The van der Waals surface area contributed by atoms with Gasteiger partial charge in [0.25, 0.3) is 0 Å². The fraction of sp³-hybridized carbons (Fsp3) is 0.846. The molecule has 0 aromatic rings. The van der Waals surface area contributed by atoms with Crippen LogP contribution in [0.5, 0.6) is 0 Å². The highest BCUT2D eigenvalue weighted by atomic mass is 16.5. The molecule has 1 N–H and O–H groups in total. The summed E-state index contributed by atoms with van der Waals surface area (Å²) in [7, 11) is 1.33. The molecule has 2 rings (SSSR count). The van der Waals surface area contributed by atoms with Crippen LogP contribution in [0.25, 0.3) is 0 Å². The van der Waals surface area contributed by atoms with Gasteiger partial charge in [-0.25, -0.2) is 0 Å². The van der Waals surface area contributed by atoms with Crippen molar-refractivity contribution in [3.05, 3.63) is 0 Å². The van der Waals surface area contributed by atoms with Crippen LogP contribution >= 0.6 is 0 Å². The van der Waals surface area contributed by atoms with Crippen LogP contribution in [0.3, 0.4) is 0 Å². The first-order valence-electron chi connectivity index (χ1n) is 6.63. The topological polar surface area (TPSA) is 64.6 Å². The maximum absolute atomic E-state index is 11.9. The van der Waals surface area contributed by atoms with Crippen LogP contribution < -0.4 is 5.32 Å². The number of nitrogens with one attached hydrogen (secondary N) is 1. The van der Waals surface area contributed by atoms with Crippen molar-refractivity contribution in [2.75, 3.05) is 26.9 Å². The number of esters is 1. The van der Waals surface area contributed by atoms with Crippen LogP contribution in [-0.2, 0) is 19.1 Å². The molecule has 1 saturated carbocycles. The quantitative estimate of drug-likeness (QED) is 0.585. The van der Waals surface area contributed by atoms with E-state index in [4.69, 9.17) is 4.74 Å². The van der Waals surface area contributed by atoms with Crippen molar-refractivity contribution in [2.24, 2.45) is 11.3 Å². The zero-order chi connectivity index (χ0) is 13.0. The first-order chi connectivity index (χ1) is 8.69. The van der Waals surface area contributed by atoms with Gasteiger partial charge in [-0.3, -0.25) is 9.59 Å². The average molecular weight is 255 g/mol. The van der Waals surface area contributed by atoms with Gasteiger partial charge in [-0.05, 0) is 38.0 Å². The van der Waals surface area contributed by atoms with Crippen molar-refractivity contribution in [1.29, 1.82) is 0 Å². The average Bonchev–Trinajstić information content (AvgIpc) is 3.20. The molecule has 1 saturated heterocycles. The molecule has 5 heteroatoms. The third-order valence-corrected chi connectivity index (χ3v) is 3.94. The van der Waals surface area contributed by atoms with E-state index in [0.717, 1.165) is 32.5 Å². The van der Waals surface area contributed by atoms with Gasteiger partial charge in [-0.15, -0.1) is 0 Å². The molecule has 0 radical (unpaired) electrons. The fourth-order valence-electron chi connectivity index (χ4n) is 2.44. The molecule has 5 nitrogen and oxygen atoms in total. The Morgan fingerprint density at radius 1 is 1.33 bits per heavy atom. The van der Waals surface area contributed by atoms with Gasteiger partial charge < -0.3 is 14.8 Å². The van der Waals surface area contributed by atoms with Crippen LogP contribution in [0.4, 0.5) is 0 Å². The standard InChI is InChI=1S/C13H21NO4/c1-17-12(16)13(5-6-13)11(15)14-7-2-10-3-8-18-9-4-10/h10H,2-9H2,1H3,(H,14,15). The van der Waals surface area contributed by atoms with Crippen LogP contribution in [0.2, 0.25) is 0 Å². The van der Waals surface area contributed by atoms with Crippen molar-refractivity contribution in [1.82, 2.24) is 5.32 Å². The fourth-order valence-corrected chi connectivity index (χ4v) is 2.44. The zero-order valence-electron chi connectivity index (χ0n) is 10.9. The van der Waals surface area contributed by atoms with Gasteiger partial charge in [-0.2, -0.15) is 0 Å². The summed E-state index contributed by atoms with van der Waals surface area (Å²) in [5, 5.41) is 2.87. The minimum atomic E-state index is -0.871. The lowest BCUT2D eigenvalue weighted by atomic mass is 9.96. The van der Waals surface area contributed by atoms with Gasteiger partial charge >= 0.3 is 5.97 Å². The number of hydrogen-bond donors (Lipinski definition) is 1. The van der Waals surface area contributed by atoms with E-state index in [1.165, 1.54) is 7.11 Å². The lowest BCUT2D eigenvalue weighted by molar-refractivity contribution is -0.152. The Balaban J connectivity index is 1.70. The third kappa shape index (κ3) is 2.83. The molecule has 1 amide bonds. The first-order valence-corrected chi connectivity index (χ1v) is 6.63. The lowest BCUT2D eigenvalue weighted by Gasteiger charge is -2.22. The van der Waals surface area contributed by atoms with Gasteiger partial charge in [0.05, 0.1) is 7.11 Å². The highest BCUT2D eigenvalue weighted by Crippen LogP contribution is 2.46. The zero-order valence-corrected chi connectivity index (χ0v) is 10.9. The Morgan fingerprint density at radius 2 is 2.00 bits per heavy atom. The van der Waals surface area contributed by atoms with Crippen LogP contribution in [0.1, 0.15) is 32.1 Å². The largest absolute Gasteiger partial charge is 0.468 e. The van der Waals surface area contributed by atoms with Crippen LogP contribution in [0, 0.1) is 11.3 Å². The smallest absolute Gasteiger partial charge is 0.321 e. The maximum Gasteiger partial charge on any atom is 0.321 e. The Hall–Kier alpha value is -1.10. The normalized spacial score (nSPS) is 22.3. The summed E-state index contributed by atoms with van der Waals surface area (Å²) in [5.41, 5.74) is -0.871. The summed E-state index contributed by atoms with van der Waals surface area (Å²) in [6, 6.07) is 0. The lowest BCUT2D eigenvalue weighted by Crippen LogP contribution is -2.38. The summed E-state index contributed by atoms with van der Waals surface area (Å²) < 4.78 is 9.97. The Labute approximate surface area is 107 Å². The van der Waals surface area contributed by atoms with Crippen LogP contribution in [0.15, 0.2) is 0 Å². The summed E-state index contributed by atoms with van der Waals surface area (Å²) in [6.45, 7) is 2.29.